The lowest BCUT2D eigenvalue weighted by Crippen LogP contribution is -2.19. The van der Waals surface area contributed by atoms with Crippen molar-refractivity contribution in [1.29, 1.82) is 0 Å². The Balaban J connectivity index is 1.51. The minimum Gasteiger partial charge on any atom is -0.419 e. The average molecular weight is 396 g/mol. The SMILES string of the molecule is CCc1nnc(-c2cc3ccccc3n2CC(=O)Nc2cccc3ccccc23)o1. The van der Waals surface area contributed by atoms with E-state index >= 15 is 0 Å². The Morgan fingerprint density at radius 1 is 0.967 bits per heavy atom. The normalized spacial score (nSPS) is 11.2. The van der Waals surface area contributed by atoms with Gasteiger partial charge in [0.25, 0.3) is 5.89 Å². The van der Waals surface area contributed by atoms with E-state index in [0.29, 0.717) is 18.2 Å². The number of hydrogen-bond donors (Lipinski definition) is 1. The minimum atomic E-state index is -0.121. The van der Waals surface area contributed by atoms with Crippen LogP contribution in [0.4, 0.5) is 5.69 Å². The van der Waals surface area contributed by atoms with Gasteiger partial charge in [-0.1, -0.05) is 61.5 Å². The van der Waals surface area contributed by atoms with Crippen LogP contribution in [0.25, 0.3) is 33.3 Å². The van der Waals surface area contributed by atoms with Crippen LogP contribution in [0.2, 0.25) is 0 Å². The fourth-order valence-corrected chi connectivity index (χ4v) is 3.73. The molecule has 5 rings (SSSR count). The predicted octanol–water partition coefficient (Wildman–Crippen LogP) is 5.05. The number of nitrogens with zero attached hydrogens (tertiary/aromatic N) is 3. The van der Waals surface area contributed by atoms with Crippen LogP contribution < -0.4 is 5.32 Å². The maximum atomic E-state index is 13.0. The van der Waals surface area contributed by atoms with Crippen LogP contribution in [0.5, 0.6) is 0 Å². The Bertz CT molecular complexity index is 1360. The first-order valence-electron chi connectivity index (χ1n) is 9.91. The van der Waals surface area contributed by atoms with E-state index in [-0.39, 0.29) is 12.5 Å². The molecule has 0 saturated carbocycles. The zero-order chi connectivity index (χ0) is 20.5. The summed E-state index contributed by atoms with van der Waals surface area (Å²) < 4.78 is 7.69. The Kier molecular flexibility index (Phi) is 4.52. The van der Waals surface area contributed by atoms with Gasteiger partial charge in [-0.15, -0.1) is 10.2 Å². The topological polar surface area (TPSA) is 73.0 Å². The van der Waals surface area contributed by atoms with E-state index in [1.54, 1.807) is 0 Å². The molecule has 0 radical (unpaired) electrons. The molecule has 6 nitrogen and oxygen atoms in total. The van der Waals surface area contributed by atoms with Gasteiger partial charge in [-0.3, -0.25) is 4.79 Å². The maximum Gasteiger partial charge on any atom is 0.264 e. The molecule has 5 aromatic rings. The Morgan fingerprint density at radius 2 is 1.73 bits per heavy atom. The maximum absolute atomic E-state index is 13.0. The van der Waals surface area contributed by atoms with E-state index in [9.17, 15) is 4.79 Å². The molecule has 0 fully saturated rings. The van der Waals surface area contributed by atoms with Gasteiger partial charge in [-0.25, -0.2) is 0 Å². The molecule has 0 aliphatic carbocycles. The van der Waals surface area contributed by atoms with Crippen molar-refractivity contribution in [3.63, 3.8) is 0 Å². The third kappa shape index (κ3) is 3.22. The number of nitrogens with one attached hydrogen (secondary N) is 1. The van der Waals surface area contributed by atoms with E-state index in [1.807, 2.05) is 84.3 Å². The van der Waals surface area contributed by atoms with Crippen molar-refractivity contribution in [2.45, 2.75) is 19.9 Å². The smallest absolute Gasteiger partial charge is 0.264 e. The highest BCUT2D eigenvalue weighted by Crippen LogP contribution is 2.28. The van der Waals surface area contributed by atoms with Gasteiger partial charge in [0.05, 0.1) is 0 Å². The van der Waals surface area contributed by atoms with E-state index in [0.717, 1.165) is 33.1 Å². The Morgan fingerprint density at radius 3 is 2.57 bits per heavy atom. The molecule has 148 valence electrons. The quantitative estimate of drug-likeness (QED) is 0.451. The number of rotatable bonds is 5. The first-order chi connectivity index (χ1) is 14.7. The summed E-state index contributed by atoms with van der Waals surface area (Å²) in [6.07, 6.45) is 0.662. The number of carbonyl (C=O) groups excluding carboxylic acids is 1. The molecule has 0 spiro atoms. The molecule has 6 heteroatoms. The summed E-state index contributed by atoms with van der Waals surface area (Å²) in [7, 11) is 0. The molecule has 30 heavy (non-hydrogen) atoms. The standard InChI is InChI=1S/C24H20N4O2/c1-2-23-26-27-24(30-23)21-14-17-9-4-6-13-20(17)28(21)15-22(29)25-19-12-7-10-16-8-3-5-11-18(16)19/h3-14H,2,15H2,1H3,(H,25,29). The monoisotopic (exact) mass is 396 g/mol. The van der Waals surface area contributed by atoms with Gasteiger partial charge in [0.1, 0.15) is 12.2 Å². The third-order valence-electron chi connectivity index (χ3n) is 5.16. The number of anilines is 1. The minimum absolute atomic E-state index is 0.121. The van der Waals surface area contributed by atoms with Crippen molar-refractivity contribution in [3.8, 4) is 11.6 Å². The molecular weight excluding hydrogens is 376 g/mol. The summed E-state index contributed by atoms with van der Waals surface area (Å²) in [6.45, 7) is 2.10. The number of aromatic nitrogens is 3. The van der Waals surface area contributed by atoms with Gasteiger partial charge >= 0.3 is 0 Å². The van der Waals surface area contributed by atoms with Gasteiger partial charge in [0.2, 0.25) is 11.8 Å². The second kappa shape index (κ2) is 7.48. The number of aryl methyl sites for hydroxylation is 1. The van der Waals surface area contributed by atoms with E-state index in [4.69, 9.17) is 4.42 Å². The van der Waals surface area contributed by atoms with Crippen LogP contribution in [-0.2, 0) is 17.8 Å². The van der Waals surface area contributed by atoms with Gasteiger partial charge < -0.3 is 14.3 Å². The molecule has 0 saturated heterocycles. The lowest BCUT2D eigenvalue weighted by atomic mass is 10.1. The van der Waals surface area contributed by atoms with Gasteiger partial charge in [-0.05, 0) is 23.6 Å². The zero-order valence-electron chi connectivity index (χ0n) is 16.5. The van der Waals surface area contributed by atoms with E-state index < -0.39 is 0 Å². The van der Waals surface area contributed by atoms with Gasteiger partial charge in [-0.2, -0.15) is 0 Å². The molecular formula is C24H20N4O2. The lowest BCUT2D eigenvalue weighted by Gasteiger charge is -2.11. The van der Waals surface area contributed by atoms with Crippen molar-refractivity contribution in [2.24, 2.45) is 0 Å². The average Bonchev–Trinajstić information content (AvgIpc) is 3.39. The molecule has 3 aromatic carbocycles. The zero-order valence-corrected chi connectivity index (χ0v) is 16.5. The summed E-state index contributed by atoms with van der Waals surface area (Å²) in [5.74, 6) is 0.868. The molecule has 0 bridgehead atoms. The van der Waals surface area contributed by atoms with Crippen LogP contribution >= 0.6 is 0 Å². The van der Waals surface area contributed by atoms with E-state index in [2.05, 4.69) is 15.5 Å². The molecule has 0 aliphatic rings. The first kappa shape index (κ1) is 18.1. The fraction of sp³-hybridized carbons (Fsp3) is 0.125. The molecule has 0 unspecified atom stereocenters. The molecule has 2 heterocycles. The number of para-hydroxylation sites is 1. The number of carbonyl (C=O) groups is 1. The van der Waals surface area contributed by atoms with Crippen molar-refractivity contribution >= 4 is 33.3 Å². The van der Waals surface area contributed by atoms with Crippen LogP contribution in [0, 0.1) is 0 Å². The van der Waals surface area contributed by atoms with Crippen LogP contribution in [0.3, 0.4) is 0 Å². The second-order valence-corrected chi connectivity index (χ2v) is 7.10. The summed E-state index contributed by atoms with van der Waals surface area (Å²) in [5.41, 5.74) is 2.47. The third-order valence-corrected chi connectivity index (χ3v) is 5.16. The summed E-state index contributed by atoms with van der Waals surface area (Å²) in [6, 6.07) is 23.8. The number of hydrogen-bond acceptors (Lipinski definition) is 4. The van der Waals surface area contributed by atoms with Crippen molar-refractivity contribution < 1.29 is 9.21 Å². The summed E-state index contributed by atoms with van der Waals surface area (Å²) >= 11 is 0. The summed E-state index contributed by atoms with van der Waals surface area (Å²) in [5, 5.41) is 14.4. The Hall–Kier alpha value is -3.93. The highest BCUT2D eigenvalue weighted by Gasteiger charge is 2.18. The lowest BCUT2D eigenvalue weighted by molar-refractivity contribution is -0.116. The number of fused-ring (bicyclic) bond motifs is 2. The Labute approximate surface area is 173 Å². The molecule has 2 aromatic heterocycles. The van der Waals surface area contributed by atoms with Crippen molar-refractivity contribution in [1.82, 2.24) is 14.8 Å². The van der Waals surface area contributed by atoms with Crippen LogP contribution in [-0.4, -0.2) is 20.7 Å². The number of amides is 1. The van der Waals surface area contributed by atoms with Crippen molar-refractivity contribution in [3.05, 3.63) is 78.7 Å². The van der Waals surface area contributed by atoms with Crippen LogP contribution in [0.15, 0.2) is 77.2 Å². The van der Waals surface area contributed by atoms with Gasteiger partial charge in [0, 0.05) is 28.4 Å². The molecule has 0 aliphatic heterocycles. The molecule has 1 amide bonds. The van der Waals surface area contributed by atoms with Gasteiger partial charge in [0.15, 0.2) is 0 Å². The molecule has 1 N–H and O–H groups in total. The first-order valence-corrected chi connectivity index (χ1v) is 9.91. The highest BCUT2D eigenvalue weighted by molar-refractivity contribution is 6.02. The van der Waals surface area contributed by atoms with Crippen LogP contribution in [0.1, 0.15) is 12.8 Å². The molecule has 0 atom stereocenters. The predicted molar refractivity (Wildman–Crippen MR) is 117 cm³/mol. The highest BCUT2D eigenvalue weighted by atomic mass is 16.4. The van der Waals surface area contributed by atoms with E-state index in [1.165, 1.54) is 0 Å². The largest absolute Gasteiger partial charge is 0.419 e. The second-order valence-electron chi connectivity index (χ2n) is 7.10. The number of benzene rings is 3. The summed E-state index contributed by atoms with van der Waals surface area (Å²) in [4.78, 5) is 13.0. The van der Waals surface area contributed by atoms with Crippen molar-refractivity contribution in [2.75, 3.05) is 5.32 Å². The fourth-order valence-electron chi connectivity index (χ4n) is 3.73.